The van der Waals surface area contributed by atoms with Crippen LogP contribution in [0.2, 0.25) is 0 Å². The third-order valence-electron chi connectivity index (χ3n) is 4.56. The Balaban J connectivity index is 1.99. The number of allylic oxidation sites excluding steroid dienone is 5. The van der Waals surface area contributed by atoms with E-state index in [0.717, 1.165) is 0 Å². The molecule has 2 aliphatic carbocycles. The zero-order valence-electron chi connectivity index (χ0n) is 13.5. The van der Waals surface area contributed by atoms with Gasteiger partial charge in [-0.3, -0.25) is 0 Å². The van der Waals surface area contributed by atoms with E-state index in [1.54, 1.807) is 17.6 Å². The normalized spacial score (nSPS) is 19.6. The standard InChI is InChI=1S/C9H7.C8H11.C3H6.Zr/c1-2-5-9-7-3-6-8(9)4-1;1-7(2)8-5-3-4-6-8;1-3-2;/h1-7H;5-7H,3H2,1-2H3;1-2H3;. The quantitative estimate of drug-likeness (QED) is 0.676. The van der Waals surface area contributed by atoms with E-state index in [1.807, 2.05) is 0 Å². The molecule has 0 radical (unpaired) electrons. The minimum absolute atomic E-state index is 0.663. The number of hydrogen-bond acceptors (Lipinski definition) is 0. The maximum atomic E-state index is 2.54. The number of fused-ring (bicyclic) bond motifs is 1. The van der Waals surface area contributed by atoms with Gasteiger partial charge in [0.05, 0.1) is 0 Å². The molecular formula is C20H24Zr. The average molecular weight is 356 g/mol. The molecule has 0 heterocycles. The fourth-order valence-corrected chi connectivity index (χ4v) is 11.3. The van der Waals surface area contributed by atoms with Crippen LogP contribution in [0.1, 0.15) is 48.9 Å². The first kappa shape index (κ1) is 15.1. The average Bonchev–Trinajstić information content (AvgIpc) is 3.07. The van der Waals surface area contributed by atoms with Gasteiger partial charge in [-0.15, -0.1) is 0 Å². The molecule has 0 saturated heterocycles. The van der Waals surface area contributed by atoms with Gasteiger partial charge < -0.3 is 0 Å². The van der Waals surface area contributed by atoms with Gasteiger partial charge in [-0.2, -0.15) is 0 Å². The minimum atomic E-state index is -1.77. The number of hydrogen-bond donors (Lipinski definition) is 0. The van der Waals surface area contributed by atoms with Gasteiger partial charge in [-0.25, -0.2) is 0 Å². The van der Waals surface area contributed by atoms with Crippen molar-refractivity contribution in [3.05, 3.63) is 62.5 Å². The van der Waals surface area contributed by atoms with Crippen molar-refractivity contribution in [1.82, 2.24) is 0 Å². The van der Waals surface area contributed by atoms with Gasteiger partial charge in [0.25, 0.3) is 0 Å². The van der Waals surface area contributed by atoms with Gasteiger partial charge in [0.1, 0.15) is 0 Å². The van der Waals surface area contributed by atoms with E-state index in [9.17, 15) is 0 Å². The van der Waals surface area contributed by atoms with Crippen LogP contribution in [-0.4, -0.2) is 3.21 Å². The van der Waals surface area contributed by atoms with E-state index < -0.39 is 21.3 Å². The molecule has 0 nitrogen and oxygen atoms in total. The SMILES string of the molecule is C[C](C)=[Zr]([C]1=CC(C(C)C)=CC1)[CH]1C=Cc2ccccc21. The predicted octanol–water partition coefficient (Wildman–Crippen LogP) is 5.45. The molecule has 1 aromatic rings. The Morgan fingerprint density at radius 2 is 1.95 bits per heavy atom. The summed E-state index contributed by atoms with van der Waals surface area (Å²) >= 11 is -1.77. The van der Waals surface area contributed by atoms with E-state index >= 15 is 0 Å². The van der Waals surface area contributed by atoms with Crippen LogP contribution in [0.3, 0.4) is 0 Å². The summed E-state index contributed by atoms with van der Waals surface area (Å²) in [7, 11) is 0. The van der Waals surface area contributed by atoms with E-state index in [-0.39, 0.29) is 0 Å². The molecule has 2 aliphatic rings. The fraction of sp³-hybridized carbons (Fsp3) is 0.350. The summed E-state index contributed by atoms with van der Waals surface area (Å²) in [6.07, 6.45) is 11.0. The Kier molecular flexibility index (Phi) is 4.41. The van der Waals surface area contributed by atoms with Gasteiger partial charge in [0, 0.05) is 0 Å². The summed E-state index contributed by atoms with van der Waals surface area (Å²) in [6.45, 7) is 9.36. The van der Waals surface area contributed by atoms with E-state index in [1.165, 1.54) is 12.0 Å². The first-order chi connectivity index (χ1) is 10.1. The van der Waals surface area contributed by atoms with E-state index in [0.29, 0.717) is 9.54 Å². The van der Waals surface area contributed by atoms with Gasteiger partial charge >= 0.3 is 137 Å². The molecule has 0 aromatic heterocycles. The molecule has 1 heteroatoms. The molecule has 1 unspecified atom stereocenters. The summed E-state index contributed by atoms with van der Waals surface area (Å²) in [5.41, 5.74) is 4.57. The van der Waals surface area contributed by atoms with Crippen LogP contribution >= 0.6 is 0 Å². The Labute approximate surface area is 136 Å². The van der Waals surface area contributed by atoms with E-state index in [4.69, 9.17) is 0 Å². The third-order valence-corrected chi connectivity index (χ3v) is 12.5. The second kappa shape index (κ2) is 6.13. The van der Waals surface area contributed by atoms with Crippen molar-refractivity contribution in [3.8, 4) is 0 Å². The maximum absolute atomic E-state index is 2.54. The van der Waals surface area contributed by atoms with Crippen molar-refractivity contribution in [2.45, 2.75) is 37.7 Å². The second-order valence-electron chi connectivity index (χ2n) is 6.61. The van der Waals surface area contributed by atoms with Crippen LogP contribution in [0.15, 0.2) is 51.3 Å². The van der Waals surface area contributed by atoms with Gasteiger partial charge in [0.15, 0.2) is 0 Å². The molecule has 0 bridgehead atoms. The molecule has 0 N–H and O–H groups in total. The van der Waals surface area contributed by atoms with Crippen LogP contribution in [0.4, 0.5) is 0 Å². The molecule has 108 valence electrons. The Morgan fingerprint density at radius 1 is 1.19 bits per heavy atom. The third kappa shape index (κ3) is 2.90. The van der Waals surface area contributed by atoms with Crippen LogP contribution in [-0.2, 0) is 21.3 Å². The Hall–Kier alpha value is -0.807. The van der Waals surface area contributed by atoms with Crippen LogP contribution < -0.4 is 0 Å². The van der Waals surface area contributed by atoms with E-state index in [2.05, 4.69) is 76.3 Å². The van der Waals surface area contributed by atoms with Crippen LogP contribution in [0.25, 0.3) is 6.08 Å². The molecule has 3 rings (SSSR count). The first-order valence-electron chi connectivity index (χ1n) is 7.93. The van der Waals surface area contributed by atoms with Crippen molar-refractivity contribution in [2.75, 3.05) is 0 Å². The molecule has 1 aromatic carbocycles. The Bertz CT molecular complexity index is 680. The summed E-state index contributed by atoms with van der Waals surface area (Å²) < 4.78 is 4.21. The summed E-state index contributed by atoms with van der Waals surface area (Å²) in [5.74, 6) is 0.663. The van der Waals surface area contributed by atoms with Crippen molar-refractivity contribution in [2.24, 2.45) is 5.92 Å². The summed E-state index contributed by atoms with van der Waals surface area (Å²) in [4.78, 5) is 0. The van der Waals surface area contributed by atoms with Crippen LogP contribution in [0, 0.1) is 5.92 Å². The van der Waals surface area contributed by atoms with Crippen molar-refractivity contribution in [1.29, 1.82) is 0 Å². The van der Waals surface area contributed by atoms with Gasteiger partial charge in [-0.05, 0) is 0 Å². The summed E-state index contributed by atoms with van der Waals surface area (Å²) in [6, 6.07) is 8.96. The Morgan fingerprint density at radius 3 is 2.62 bits per heavy atom. The molecule has 0 spiro atoms. The van der Waals surface area contributed by atoms with Crippen LogP contribution in [0.5, 0.6) is 0 Å². The molecular weight excluding hydrogens is 331 g/mol. The number of benzene rings is 1. The predicted molar refractivity (Wildman–Crippen MR) is 90.2 cm³/mol. The number of rotatable bonds is 3. The summed E-state index contributed by atoms with van der Waals surface area (Å²) in [5, 5.41) is 0. The molecule has 1 atom stereocenters. The molecule has 0 amide bonds. The molecule has 21 heavy (non-hydrogen) atoms. The topological polar surface area (TPSA) is 0 Å². The fourth-order valence-electron chi connectivity index (χ4n) is 3.47. The second-order valence-corrected chi connectivity index (χ2v) is 14.2. The zero-order chi connectivity index (χ0) is 15.0. The monoisotopic (exact) mass is 354 g/mol. The van der Waals surface area contributed by atoms with Crippen molar-refractivity contribution in [3.63, 3.8) is 0 Å². The van der Waals surface area contributed by atoms with Crippen molar-refractivity contribution >= 4 is 9.28 Å². The zero-order valence-corrected chi connectivity index (χ0v) is 15.9. The van der Waals surface area contributed by atoms with Gasteiger partial charge in [0.2, 0.25) is 0 Å². The molecule has 0 saturated carbocycles. The van der Waals surface area contributed by atoms with Crippen molar-refractivity contribution < 1.29 is 21.3 Å². The van der Waals surface area contributed by atoms with Gasteiger partial charge in [-0.1, -0.05) is 0 Å². The molecule has 0 fully saturated rings. The molecule has 0 aliphatic heterocycles. The first-order valence-corrected chi connectivity index (χ1v) is 11.8.